The molecule has 2 atom stereocenters. The molecule has 3 aromatic rings. The van der Waals surface area contributed by atoms with E-state index in [1.165, 1.54) is 24.3 Å². The number of amides is 1. The van der Waals surface area contributed by atoms with Crippen LogP contribution in [0.2, 0.25) is 5.02 Å². The SMILES string of the molecule is CCOC(=O)c1cc(S(=O)(=O)c2ccc(CCN(C[C@H](OC3CCCCO3)c3cccc(Cl)c3)C(=O)OC(C)(C)C)cc2)ccc1NCCOC. The van der Waals surface area contributed by atoms with Crippen LogP contribution in [0.3, 0.4) is 0 Å². The third-order valence-electron chi connectivity index (χ3n) is 8.03. The highest BCUT2D eigenvalue weighted by atomic mass is 35.5. The smallest absolute Gasteiger partial charge is 0.410 e. The second kappa shape index (κ2) is 18.7. The van der Waals surface area contributed by atoms with Crippen molar-refractivity contribution in [3.8, 4) is 0 Å². The van der Waals surface area contributed by atoms with E-state index in [4.69, 9.17) is 35.3 Å². The first kappa shape index (κ1) is 40.1. The zero-order valence-corrected chi connectivity index (χ0v) is 31.6. The Morgan fingerprint density at radius 3 is 2.43 bits per heavy atom. The van der Waals surface area contributed by atoms with Gasteiger partial charge in [0.2, 0.25) is 9.84 Å². The van der Waals surface area contributed by atoms with Crippen LogP contribution in [0.4, 0.5) is 10.5 Å². The minimum Gasteiger partial charge on any atom is -0.462 e. The largest absolute Gasteiger partial charge is 0.462 e. The van der Waals surface area contributed by atoms with Gasteiger partial charge in [-0.1, -0.05) is 35.9 Å². The zero-order chi connectivity index (χ0) is 37.0. The lowest BCUT2D eigenvalue weighted by atomic mass is 10.1. The maximum Gasteiger partial charge on any atom is 0.410 e. The summed E-state index contributed by atoms with van der Waals surface area (Å²) in [5.74, 6) is -0.631. The Labute approximate surface area is 306 Å². The number of carbonyl (C=O) groups excluding carboxylic acids is 2. The number of rotatable bonds is 16. The molecule has 1 heterocycles. The van der Waals surface area contributed by atoms with Gasteiger partial charge in [-0.3, -0.25) is 0 Å². The van der Waals surface area contributed by atoms with Crippen molar-refractivity contribution in [3.63, 3.8) is 0 Å². The standard InChI is InChI=1S/C38H49ClN2O9S/c1-6-47-36(42)32-25-31(17-18-33(32)40-20-23-46-5)51(44,45)30-15-13-27(14-16-30)19-21-41(37(43)50-38(2,3)4)26-34(28-10-9-11-29(39)24-28)49-35-12-7-8-22-48-35/h9-11,13-18,24-25,34-35,40H,6-8,12,19-23,26H2,1-5H3/t34-,35?/m0/s1. The molecule has 4 rings (SSSR count). The minimum atomic E-state index is -3.98. The topological polar surface area (TPSA) is 130 Å². The molecule has 0 aliphatic carbocycles. The molecule has 51 heavy (non-hydrogen) atoms. The molecule has 1 amide bonds. The number of methoxy groups -OCH3 is 1. The lowest BCUT2D eigenvalue weighted by molar-refractivity contribution is -0.192. The summed E-state index contributed by atoms with van der Waals surface area (Å²) in [6, 6.07) is 18.2. The van der Waals surface area contributed by atoms with Crippen molar-refractivity contribution in [2.75, 3.05) is 51.9 Å². The average molecular weight is 745 g/mol. The summed E-state index contributed by atoms with van der Waals surface area (Å²) in [5.41, 5.74) is 1.45. The maximum atomic E-state index is 13.7. The van der Waals surface area contributed by atoms with Crippen LogP contribution in [-0.4, -0.2) is 83.8 Å². The Hall–Kier alpha value is -3.68. The van der Waals surface area contributed by atoms with Gasteiger partial charge >= 0.3 is 12.1 Å². The van der Waals surface area contributed by atoms with Crippen LogP contribution in [0.15, 0.2) is 76.5 Å². The summed E-state index contributed by atoms with van der Waals surface area (Å²) in [4.78, 5) is 27.9. The third kappa shape index (κ3) is 11.9. The molecular formula is C38H49ClN2O9S. The average Bonchev–Trinajstić information content (AvgIpc) is 3.09. The van der Waals surface area contributed by atoms with Gasteiger partial charge in [0, 0.05) is 37.5 Å². The van der Waals surface area contributed by atoms with Gasteiger partial charge in [0.25, 0.3) is 0 Å². The summed E-state index contributed by atoms with van der Waals surface area (Å²) >= 11 is 6.35. The zero-order valence-electron chi connectivity index (χ0n) is 30.0. The van der Waals surface area contributed by atoms with Crippen LogP contribution >= 0.6 is 11.6 Å². The fourth-order valence-electron chi connectivity index (χ4n) is 5.46. The van der Waals surface area contributed by atoms with E-state index in [-0.39, 0.29) is 35.1 Å². The van der Waals surface area contributed by atoms with Crippen molar-refractivity contribution in [1.29, 1.82) is 0 Å². The summed E-state index contributed by atoms with van der Waals surface area (Å²) in [6.45, 7) is 9.14. The predicted molar refractivity (Wildman–Crippen MR) is 195 cm³/mol. The van der Waals surface area contributed by atoms with E-state index >= 15 is 0 Å². The molecule has 13 heteroatoms. The summed E-state index contributed by atoms with van der Waals surface area (Å²) in [5, 5.41) is 3.64. The molecular weight excluding hydrogens is 696 g/mol. The maximum absolute atomic E-state index is 13.7. The van der Waals surface area contributed by atoms with E-state index in [1.807, 2.05) is 39.0 Å². The van der Waals surface area contributed by atoms with Gasteiger partial charge < -0.3 is 33.9 Å². The normalized spacial score (nSPS) is 15.5. The number of hydrogen-bond donors (Lipinski definition) is 1. The first-order valence-corrected chi connectivity index (χ1v) is 19.0. The van der Waals surface area contributed by atoms with Crippen molar-refractivity contribution in [2.24, 2.45) is 0 Å². The van der Waals surface area contributed by atoms with Gasteiger partial charge in [0.15, 0.2) is 6.29 Å². The molecule has 1 saturated heterocycles. The molecule has 0 bridgehead atoms. The number of anilines is 1. The molecule has 1 aliphatic heterocycles. The lowest BCUT2D eigenvalue weighted by Gasteiger charge is -2.33. The van der Waals surface area contributed by atoms with Gasteiger partial charge in [0.05, 0.1) is 35.1 Å². The van der Waals surface area contributed by atoms with Crippen LogP contribution < -0.4 is 5.32 Å². The number of ether oxygens (including phenoxy) is 5. The fraction of sp³-hybridized carbons (Fsp3) is 0.474. The molecule has 1 unspecified atom stereocenters. The fourth-order valence-corrected chi connectivity index (χ4v) is 6.95. The summed E-state index contributed by atoms with van der Waals surface area (Å²) < 4.78 is 55.7. The van der Waals surface area contributed by atoms with Crippen LogP contribution in [0.25, 0.3) is 0 Å². The lowest BCUT2D eigenvalue weighted by Crippen LogP contribution is -2.41. The second-order valence-corrected chi connectivity index (χ2v) is 15.5. The second-order valence-electron chi connectivity index (χ2n) is 13.1. The number of carbonyl (C=O) groups is 2. The van der Waals surface area contributed by atoms with Crippen LogP contribution in [0, 0.1) is 0 Å². The van der Waals surface area contributed by atoms with Crippen molar-refractivity contribution in [2.45, 2.75) is 81.2 Å². The van der Waals surface area contributed by atoms with E-state index in [0.717, 1.165) is 30.4 Å². The highest BCUT2D eigenvalue weighted by Crippen LogP contribution is 2.29. The molecule has 0 saturated carbocycles. The molecule has 1 N–H and O–H groups in total. The van der Waals surface area contributed by atoms with Gasteiger partial charge in [-0.05, 0) is 107 Å². The molecule has 278 valence electrons. The van der Waals surface area contributed by atoms with Gasteiger partial charge in [-0.2, -0.15) is 0 Å². The number of sulfone groups is 1. The molecule has 3 aromatic carbocycles. The number of benzene rings is 3. The molecule has 0 aromatic heterocycles. The molecule has 0 radical (unpaired) electrons. The Kier molecular flexibility index (Phi) is 14.7. The molecule has 0 spiro atoms. The third-order valence-corrected chi connectivity index (χ3v) is 10.0. The van der Waals surface area contributed by atoms with Crippen LogP contribution in [0.1, 0.15) is 74.5 Å². The van der Waals surface area contributed by atoms with E-state index < -0.39 is 39.9 Å². The van der Waals surface area contributed by atoms with Gasteiger partial charge in [-0.15, -0.1) is 0 Å². The van der Waals surface area contributed by atoms with E-state index in [9.17, 15) is 18.0 Å². The first-order chi connectivity index (χ1) is 24.3. The first-order valence-electron chi connectivity index (χ1n) is 17.2. The van der Waals surface area contributed by atoms with E-state index in [0.29, 0.717) is 36.9 Å². The Balaban J connectivity index is 1.54. The van der Waals surface area contributed by atoms with Gasteiger partial charge in [0.1, 0.15) is 11.7 Å². The highest BCUT2D eigenvalue weighted by molar-refractivity contribution is 7.91. The number of halogens is 1. The van der Waals surface area contributed by atoms with Crippen LogP contribution in [0.5, 0.6) is 0 Å². The van der Waals surface area contributed by atoms with Crippen molar-refractivity contribution < 1.29 is 41.7 Å². The number of nitrogens with zero attached hydrogens (tertiary/aromatic N) is 1. The molecule has 11 nitrogen and oxygen atoms in total. The van der Waals surface area contributed by atoms with Gasteiger partial charge in [-0.25, -0.2) is 18.0 Å². The Bertz CT molecular complexity index is 1700. The van der Waals surface area contributed by atoms with E-state index in [1.54, 1.807) is 43.2 Å². The highest BCUT2D eigenvalue weighted by Gasteiger charge is 2.29. The van der Waals surface area contributed by atoms with Crippen molar-refractivity contribution >= 4 is 39.2 Å². The van der Waals surface area contributed by atoms with E-state index in [2.05, 4.69) is 5.32 Å². The Morgan fingerprint density at radius 1 is 1.04 bits per heavy atom. The quantitative estimate of drug-likeness (QED) is 0.116. The number of hydrogen-bond acceptors (Lipinski definition) is 10. The van der Waals surface area contributed by atoms with Crippen molar-refractivity contribution in [1.82, 2.24) is 4.90 Å². The van der Waals surface area contributed by atoms with Crippen LogP contribution in [-0.2, 0) is 39.9 Å². The number of nitrogens with one attached hydrogen (secondary N) is 1. The molecule has 1 aliphatic rings. The van der Waals surface area contributed by atoms with Crippen molar-refractivity contribution in [3.05, 3.63) is 88.4 Å². The predicted octanol–water partition coefficient (Wildman–Crippen LogP) is 7.47. The number of esters is 1. The summed E-state index contributed by atoms with van der Waals surface area (Å²) in [7, 11) is -2.42. The Morgan fingerprint density at radius 2 is 1.78 bits per heavy atom. The molecule has 1 fully saturated rings. The summed E-state index contributed by atoms with van der Waals surface area (Å²) in [6.07, 6.45) is 1.67. The monoisotopic (exact) mass is 744 g/mol. The minimum absolute atomic E-state index is 0.0410.